The van der Waals surface area contributed by atoms with E-state index in [1.807, 2.05) is 58.0 Å². The van der Waals surface area contributed by atoms with Crippen LogP contribution in [0.2, 0.25) is 0 Å². The molecule has 1 aromatic carbocycles. The summed E-state index contributed by atoms with van der Waals surface area (Å²) in [6, 6.07) is 9.55. The van der Waals surface area contributed by atoms with Gasteiger partial charge in [-0.2, -0.15) is 0 Å². The molecule has 1 fully saturated rings. The zero-order valence-electron chi connectivity index (χ0n) is 14.2. The topological polar surface area (TPSA) is 76.7 Å². The molecule has 0 atom stereocenters. The first-order chi connectivity index (χ1) is 10.7. The quantitative estimate of drug-likeness (QED) is 0.831. The summed E-state index contributed by atoms with van der Waals surface area (Å²) < 4.78 is 9.67. The van der Waals surface area contributed by atoms with Crippen LogP contribution < -0.4 is 10.6 Å². The Hall–Kier alpha value is -2.08. The predicted octanol–water partition coefficient (Wildman–Crippen LogP) is 2.23. The molecule has 0 unspecified atom stereocenters. The van der Waals surface area contributed by atoms with Crippen LogP contribution in [0.4, 0.5) is 4.79 Å². The lowest BCUT2D eigenvalue weighted by Gasteiger charge is -2.40. The molecule has 1 amide bonds. The molecule has 1 saturated heterocycles. The van der Waals surface area contributed by atoms with Crippen molar-refractivity contribution in [1.29, 1.82) is 0 Å². The number of nitrogens with one attached hydrogen (secondary N) is 2. The Morgan fingerprint density at radius 1 is 1.30 bits per heavy atom. The van der Waals surface area contributed by atoms with Gasteiger partial charge in [-0.05, 0) is 33.3 Å². The molecule has 1 aliphatic heterocycles. The van der Waals surface area contributed by atoms with Crippen molar-refractivity contribution in [2.45, 2.75) is 45.4 Å². The number of amides is 1. The first-order valence-corrected chi connectivity index (χ1v) is 7.55. The van der Waals surface area contributed by atoms with Crippen LogP contribution in [-0.2, 0) is 20.9 Å². The van der Waals surface area contributed by atoms with Crippen LogP contribution in [-0.4, -0.2) is 36.8 Å². The summed E-state index contributed by atoms with van der Waals surface area (Å²) in [6.45, 7) is 10.00. The van der Waals surface area contributed by atoms with E-state index in [-0.39, 0.29) is 11.6 Å². The Labute approximate surface area is 137 Å². The van der Waals surface area contributed by atoms with Crippen molar-refractivity contribution >= 4 is 12.6 Å². The first kappa shape index (κ1) is 19.0. The van der Waals surface area contributed by atoms with Crippen molar-refractivity contribution in [2.75, 3.05) is 13.1 Å². The lowest BCUT2D eigenvalue weighted by molar-refractivity contribution is -0.129. The highest BCUT2D eigenvalue weighted by Crippen LogP contribution is 2.12. The van der Waals surface area contributed by atoms with Crippen LogP contribution >= 0.6 is 0 Å². The third-order valence-electron chi connectivity index (χ3n) is 2.99. The largest absolute Gasteiger partial charge is 0.463 e. The van der Waals surface area contributed by atoms with Crippen molar-refractivity contribution in [3.63, 3.8) is 0 Å². The number of ether oxygens (including phenoxy) is 2. The molecule has 0 aliphatic carbocycles. The Kier molecular flexibility index (Phi) is 7.03. The fourth-order valence-electron chi connectivity index (χ4n) is 1.84. The van der Waals surface area contributed by atoms with Crippen LogP contribution in [0.25, 0.3) is 0 Å². The maximum absolute atomic E-state index is 11.3. The Morgan fingerprint density at radius 3 is 2.35 bits per heavy atom. The van der Waals surface area contributed by atoms with Gasteiger partial charge in [0.15, 0.2) is 0 Å². The SMILES string of the molecule is CC1(NC(=O)OC(C)(C)C)CNC1.O=COCc1ccccc1. The molecule has 0 spiro atoms. The van der Waals surface area contributed by atoms with Gasteiger partial charge in [0, 0.05) is 13.1 Å². The van der Waals surface area contributed by atoms with Crippen molar-refractivity contribution < 1.29 is 19.1 Å². The molecule has 128 valence electrons. The zero-order valence-corrected chi connectivity index (χ0v) is 14.2. The first-order valence-electron chi connectivity index (χ1n) is 7.55. The van der Waals surface area contributed by atoms with E-state index in [1.165, 1.54) is 0 Å². The second-order valence-corrected chi connectivity index (χ2v) is 6.68. The lowest BCUT2D eigenvalue weighted by atomic mass is 9.96. The number of carbonyl (C=O) groups is 2. The maximum atomic E-state index is 11.3. The van der Waals surface area contributed by atoms with Crippen LogP contribution in [0, 0.1) is 0 Å². The van der Waals surface area contributed by atoms with Gasteiger partial charge in [0.05, 0.1) is 5.54 Å². The molecule has 23 heavy (non-hydrogen) atoms. The summed E-state index contributed by atoms with van der Waals surface area (Å²) in [5.41, 5.74) is 0.467. The number of benzene rings is 1. The summed E-state index contributed by atoms with van der Waals surface area (Å²) in [6.07, 6.45) is -0.337. The Morgan fingerprint density at radius 2 is 1.91 bits per heavy atom. The molecule has 1 aliphatic rings. The van der Waals surface area contributed by atoms with E-state index >= 15 is 0 Å². The Balaban J connectivity index is 0.000000238. The molecule has 6 heteroatoms. The van der Waals surface area contributed by atoms with Crippen LogP contribution in [0.1, 0.15) is 33.3 Å². The van der Waals surface area contributed by atoms with Gasteiger partial charge in [0.25, 0.3) is 6.47 Å². The van der Waals surface area contributed by atoms with Crippen molar-refractivity contribution in [3.8, 4) is 0 Å². The summed E-state index contributed by atoms with van der Waals surface area (Å²) >= 11 is 0. The van der Waals surface area contributed by atoms with Crippen LogP contribution in [0.3, 0.4) is 0 Å². The summed E-state index contributed by atoms with van der Waals surface area (Å²) in [4.78, 5) is 21.1. The number of hydrogen-bond acceptors (Lipinski definition) is 5. The van der Waals surface area contributed by atoms with Gasteiger partial charge in [-0.25, -0.2) is 4.79 Å². The normalized spacial score (nSPS) is 15.3. The van der Waals surface area contributed by atoms with Gasteiger partial charge in [0.2, 0.25) is 0 Å². The van der Waals surface area contributed by atoms with E-state index in [4.69, 9.17) is 4.74 Å². The number of hydrogen-bond donors (Lipinski definition) is 2. The van der Waals surface area contributed by atoms with Gasteiger partial charge in [-0.15, -0.1) is 0 Å². The fraction of sp³-hybridized carbons (Fsp3) is 0.529. The smallest absolute Gasteiger partial charge is 0.408 e. The molecule has 2 N–H and O–H groups in total. The molecular weight excluding hydrogens is 296 g/mol. The number of alkyl carbamates (subject to hydrolysis) is 1. The average Bonchev–Trinajstić information content (AvgIpc) is 2.43. The maximum Gasteiger partial charge on any atom is 0.408 e. The Bertz CT molecular complexity index is 493. The highest BCUT2D eigenvalue weighted by molar-refractivity contribution is 5.69. The fourth-order valence-corrected chi connectivity index (χ4v) is 1.84. The predicted molar refractivity (Wildman–Crippen MR) is 87.9 cm³/mol. The molecule has 1 aromatic rings. The minimum atomic E-state index is -0.419. The minimum Gasteiger partial charge on any atom is -0.463 e. The minimum absolute atomic E-state index is 0.123. The van der Waals surface area contributed by atoms with Crippen molar-refractivity contribution in [2.24, 2.45) is 0 Å². The molecule has 0 bridgehead atoms. The van der Waals surface area contributed by atoms with E-state index in [0.29, 0.717) is 13.1 Å². The second kappa shape index (κ2) is 8.53. The molecule has 0 saturated carbocycles. The standard InChI is InChI=1S/C9H18N2O2.C8H8O2/c1-8(2,3)13-7(12)11-9(4)5-10-6-9;9-7-10-6-8-4-2-1-3-5-8/h10H,5-6H2,1-4H3,(H,11,12);1-5,7H,6H2. The van der Waals surface area contributed by atoms with E-state index in [1.54, 1.807) is 0 Å². The molecule has 1 heterocycles. The summed E-state index contributed by atoms with van der Waals surface area (Å²) in [7, 11) is 0. The van der Waals surface area contributed by atoms with Crippen LogP contribution in [0.15, 0.2) is 30.3 Å². The highest BCUT2D eigenvalue weighted by atomic mass is 16.6. The van der Waals surface area contributed by atoms with Gasteiger partial charge in [-0.3, -0.25) is 4.79 Å². The highest BCUT2D eigenvalue weighted by Gasteiger charge is 2.34. The monoisotopic (exact) mass is 322 g/mol. The third-order valence-corrected chi connectivity index (χ3v) is 2.99. The molecule has 2 rings (SSSR count). The van der Waals surface area contributed by atoms with E-state index in [2.05, 4.69) is 15.4 Å². The lowest BCUT2D eigenvalue weighted by Crippen LogP contribution is -2.67. The van der Waals surface area contributed by atoms with Gasteiger partial charge >= 0.3 is 6.09 Å². The summed E-state index contributed by atoms with van der Waals surface area (Å²) in [5.74, 6) is 0. The summed E-state index contributed by atoms with van der Waals surface area (Å²) in [5, 5.41) is 5.93. The average molecular weight is 322 g/mol. The number of rotatable bonds is 4. The third kappa shape index (κ3) is 8.21. The second-order valence-electron chi connectivity index (χ2n) is 6.68. The van der Waals surface area contributed by atoms with E-state index < -0.39 is 5.60 Å². The van der Waals surface area contributed by atoms with Crippen molar-refractivity contribution in [3.05, 3.63) is 35.9 Å². The van der Waals surface area contributed by atoms with Crippen LogP contribution in [0.5, 0.6) is 0 Å². The van der Waals surface area contributed by atoms with E-state index in [0.717, 1.165) is 18.7 Å². The van der Waals surface area contributed by atoms with Crippen molar-refractivity contribution in [1.82, 2.24) is 10.6 Å². The zero-order chi connectivity index (χ0) is 17.3. The van der Waals surface area contributed by atoms with Gasteiger partial charge in [-0.1, -0.05) is 30.3 Å². The number of carbonyl (C=O) groups excluding carboxylic acids is 2. The van der Waals surface area contributed by atoms with Gasteiger partial charge in [0.1, 0.15) is 12.2 Å². The molecule has 0 radical (unpaired) electrons. The van der Waals surface area contributed by atoms with E-state index in [9.17, 15) is 9.59 Å². The molecule has 6 nitrogen and oxygen atoms in total. The molecular formula is C17H26N2O4. The van der Waals surface area contributed by atoms with Gasteiger partial charge < -0.3 is 20.1 Å². The molecule has 0 aromatic heterocycles.